The van der Waals surface area contributed by atoms with Gasteiger partial charge in [-0.05, 0) is 22.9 Å². The summed E-state index contributed by atoms with van der Waals surface area (Å²) in [4.78, 5) is 11.8. The number of ether oxygens (including phenoxy) is 1. The summed E-state index contributed by atoms with van der Waals surface area (Å²) >= 11 is 12.8. The molecule has 2 aromatic heterocycles. The minimum atomic E-state index is -0.542. The first-order valence-corrected chi connectivity index (χ1v) is 7.06. The molecule has 2 rings (SSSR count). The summed E-state index contributed by atoms with van der Waals surface area (Å²) in [5.41, 5.74) is 0.256. The molecular weight excluding hydrogens is 311 g/mol. The Hall–Kier alpha value is -1.18. The number of carbonyl (C=O) groups excluding carboxylic acids is 1. The highest BCUT2D eigenvalue weighted by Crippen LogP contribution is 2.31. The van der Waals surface area contributed by atoms with E-state index in [0.29, 0.717) is 21.0 Å². The number of nitrogens with zero attached hydrogens (tertiary/aromatic N) is 4. The van der Waals surface area contributed by atoms with Gasteiger partial charge >= 0.3 is 5.97 Å². The maximum absolute atomic E-state index is 11.8. The summed E-state index contributed by atoms with van der Waals surface area (Å²) in [5.74, 6) is -0.0492. The number of hydrogen-bond acceptors (Lipinski definition) is 6. The van der Waals surface area contributed by atoms with Gasteiger partial charge < -0.3 is 4.74 Å². The molecule has 9 heteroatoms. The molecular formula is C10H10Cl2N4O2S. The SMILES string of the molecule is CCCn1nnnc1COC(=O)c1cc(Cl)sc1Cl. The van der Waals surface area contributed by atoms with Gasteiger partial charge in [0.15, 0.2) is 12.4 Å². The number of thiophene rings is 1. The Labute approximate surface area is 123 Å². The first-order chi connectivity index (χ1) is 9.11. The van der Waals surface area contributed by atoms with E-state index < -0.39 is 5.97 Å². The maximum atomic E-state index is 11.8. The largest absolute Gasteiger partial charge is 0.454 e. The van der Waals surface area contributed by atoms with Crippen LogP contribution >= 0.6 is 34.5 Å². The third-order valence-electron chi connectivity index (χ3n) is 2.25. The maximum Gasteiger partial charge on any atom is 0.341 e. The van der Waals surface area contributed by atoms with Crippen molar-refractivity contribution in [3.63, 3.8) is 0 Å². The predicted octanol–water partition coefficient (Wildman–Crippen LogP) is 2.81. The monoisotopic (exact) mass is 320 g/mol. The molecule has 0 aromatic carbocycles. The smallest absolute Gasteiger partial charge is 0.341 e. The number of rotatable bonds is 5. The van der Waals surface area contributed by atoms with Crippen molar-refractivity contribution >= 4 is 40.5 Å². The number of tetrazole rings is 1. The van der Waals surface area contributed by atoms with Gasteiger partial charge in [0.2, 0.25) is 0 Å². The predicted molar refractivity (Wildman–Crippen MR) is 71.6 cm³/mol. The van der Waals surface area contributed by atoms with E-state index in [1.165, 1.54) is 6.07 Å². The molecule has 0 aliphatic rings. The van der Waals surface area contributed by atoms with Crippen LogP contribution < -0.4 is 0 Å². The summed E-state index contributed by atoms with van der Waals surface area (Å²) in [6.45, 7) is 2.67. The van der Waals surface area contributed by atoms with Crippen LogP contribution in [-0.4, -0.2) is 26.2 Å². The van der Waals surface area contributed by atoms with Crippen LogP contribution in [0.1, 0.15) is 29.5 Å². The molecule has 0 saturated carbocycles. The topological polar surface area (TPSA) is 69.9 Å². The normalized spacial score (nSPS) is 10.7. The van der Waals surface area contributed by atoms with Crippen molar-refractivity contribution in [3.8, 4) is 0 Å². The van der Waals surface area contributed by atoms with E-state index in [1.54, 1.807) is 4.68 Å². The lowest BCUT2D eigenvalue weighted by Crippen LogP contribution is -2.10. The average Bonchev–Trinajstić information content (AvgIpc) is 2.93. The van der Waals surface area contributed by atoms with E-state index in [-0.39, 0.29) is 12.2 Å². The molecule has 0 atom stereocenters. The van der Waals surface area contributed by atoms with Crippen molar-refractivity contribution in [3.05, 3.63) is 26.1 Å². The van der Waals surface area contributed by atoms with Gasteiger partial charge in [-0.1, -0.05) is 30.1 Å². The number of carbonyl (C=O) groups is 1. The summed E-state index contributed by atoms with van der Waals surface area (Å²) < 4.78 is 7.45. The van der Waals surface area contributed by atoms with Crippen LogP contribution in [0.3, 0.4) is 0 Å². The molecule has 19 heavy (non-hydrogen) atoms. The van der Waals surface area contributed by atoms with Gasteiger partial charge in [0.25, 0.3) is 0 Å². The zero-order valence-electron chi connectivity index (χ0n) is 9.97. The number of halogens is 2. The van der Waals surface area contributed by atoms with Crippen LogP contribution in [0.4, 0.5) is 0 Å². The fourth-order valence-corrected chi connectivity index (χ4v) is 2.84. The molecule has 102 valence electrons. The molecule has 0 fully saturated rings. The average molecular weight is 321 g/mol. The second-order valence-corrected chi connectivity index (χ2v) is 5.92. The van der Waals surface area contributed by atoms with E-state index in [4.69, 9.17) is 27.9 Å². The molecule has 0 N–H and O–H groups in total. The van der Waals surface area contributed by atoms with Crippen LogP contribution in [0.5, 0.6) is 0 Å². The van der Waals surface area contributed by atoms with Gasteiger partial charge in [-0.3, -0.25) is 0 Å². The Morgan fingerprint density at radius 1 is 1.53 bits per heavy atom. The van der Waals surface area contributed by atoms with E-state index in [9.17, 15) is 4.79 Å². The minimum Gasteiger partial charge on any atom is -0.454 e. The summed E-state index contributed by atoms with van der Waals surface area (Å²) in [7, 11) is 0. The van der Waals surface area contributed by atoms with Crippen LogP contribution in [0, 0.1) is 0 Å². The van der Waals surface area contributed by atoms with Crippen LogP contribution in [0.15, 0.2) is 6.07 Å². The Morgan fingerprint density at radius 3 is 2.95 bits per heavy atom. The molecule has 6 nitrogen and oxygen atoms in total. The van der Waals surface area contributed by atoms with Crippen molar-refractivity contribution in [1.29, 1.82) is 0 Å². The number of aromatic nitrogens is 4. The van der Waals surface area contributed by atoms with Crippen molar-refractivity contribution in [2.75, 3.05) is 0 Å². The number of esters is 1. The summed E-state index contributed by atoms with van der Waals surface area (Å²) in [6, 6.07) is 1.48. The fraction of sp³-hybridized carbons (Fsp3) is 0.400. The zero-order valence-corrected chi connectivity index (χ0v) is 12.3. The first-order valence-electron chi connectivity index (χ1n) is 5.48. The lowest BCUT2D eigenvalue weighted by molar-refractivity contribution is 0.0457. The Morgan fingerprint density at radius 2 is 2.32 bits per heavy atom. The molecule has 2 heterocycles. The Balaban J connectivity index is 2.00. The highest BCUT2D eigenvalue weighted by molar-refractivity contribution is 7.20. The van der Waals surface area contributed by atoms with Crippen molar-refractivity contribution < 1.29 is 9.53 Å². The molecule has 0 bridgehead atoms. The number of hydrogen-bond donors (Lipinski definition) is 0. The van der Waals surface area contributed by atoms with Gasteiger partial charge in [0.1, 0.15) is 4.34 Å². The molecule has 0 unspecified atom stereocenters. The van der Waals surface area contributed by atoms with E-state index in [1.807, 2.05) is 6.92 Å². The Bertz CT molecular complexity index is 584. The van der Waals surface area contributed by atoms with E-state index in [2.05, 4.69) is 15.5 Å². The standard InChI is InChI=1S/C10H10Cl2N4O2S/c1-2-3-16-8(13-14-15-16)5-18-10(17)6-4-7(11)19-9(6)12/h4H,2-3,5H2,1H3. The molecule has 0 aliphatic heterocycles. The van der Waals surface area contributed by atoms with Gasteiger partial charge in [-0.15, -0.1) is 16.4 Å². The number of aryl methyl sites for hydroxylation is 1. The molecule has 0 amide bonds. The van der Waals surface area contributed by atoms with Gasteiger partial charge in [-0.25, -0.2) is 9.48 Å². The first kappa shape index (κ1) is 14.2. The van der Waals surface area contributed by atoms with Crippen LogP contribution in [0.2, 0.25) is 8.67 Å². The highest BCUT2D eigenvalue weighted by atomic mass is 35.5. The van der Waals surface area contributed by atoms with Gasteiger partial charge in [0.05, 0.1) is 9.90 Å². The molecule has 0 saturated heterocycles. The van der Waals surface area contributed by atoms with Gasteiger partial charge in [0, 0.05) is 6.54 Å². The van der Waals surface area contributed by atoms with Gasteiger partial charge in [-0.2, -0.15) is 0 Å². The lowest BCUT2D eigenvalue weighted by atomic mass is 10.3. The van der Waals surface area contributed by atoms with Crippen molar-refractivity contribution in [1.82, 2.24) is 20.2 Å². The van der Waals surface area contributed by atoms with Crippen molar-refractivity contribution in [2.45, 2.75) is 26.5 Å². The van der Waals surface area contributed by atoms with Crippen LogP contribution in [0.25, 0.3) is 0 Å². The Kier molecular flexibility index (Phi) is 4.73. The molecule has 2 aromatic rings. The van der Waals surface area contributed by atoms with E-state index >= 15 is 0 Å². The quantitative estimate of drug-likeness (QED) is 0.792. The molecule has 0 spiro atoms. The van der Waals surface area contributed by atoms with Crippen LogP contribution in [-0.2, 0) is 17.9 Å². The highest BCUT2D eigenvalue weighted by Gasteiger charge is 2.17. The third-order valence-corrected chi connectivity index (χ3v) is 3.74. The van der Waals surface area contributed by atoms with E-state index in [0.717, 1.165) is 17.8 Å². The lowest BCUT2D eigenvalue weighted by Gasteiger charge is -2.04. The molecule has 0 radical (unpaired) electrons. The fourth-order valence-electron chi connectivity index (χ4n) is 1.40. The van der Waals surface area contributed by atoms with Crippen molar-refractivity contribution in [2.24, 2.45) is 0 Å². The molecule has 0 aliphatic carbocycles. The zero-order chi connectivity index (χ0) is 13.8. The second kappa shape index (κ2) is 6.31. The minimum absolute atomic E-state index is 0.00434. The summed E-state index contributed by atoms with van der Waals surface area (Å²) in [6.07, 6.45) is 0.887. The summed E-state index contributed by atoms with van der Waals surface area (Å²) in [5, 5.41) is 11.1. The second-order valence-electron chi connectivity index (χ2n) is 3.63. The third kappa shape index (κ3) is 3.43.